The van der Waals surface area contributed by atoms with Gasteiger partial charge in [-0.05, 0) is 25.1 Å². The molecule has 0 aliphatic rings. The number of urea groups is 1. The number of pyridine rings is 1. The van der Waals surface area contributed by atoms with Crippen molar-refractivity contribution in [1.82, 2.24) is 25.3 Å². The number of aromatic nitrogens is 4. The normalized spacial score (nSPS) is 10.7. The molecule has 8 heteroatoms. The highest BCUT2D eigenvalue weighted by Crippen LogP contribution is 2.38. The molecule has 0 radical (unpaired) electrons. The lowest BCUT2D eigenvalue weighted by atomic mass is 10.0. The molecule has 0 saturated heterocycles. The summed E-state index contributed by atoms with van der Waals surface area (Å²) in [6.45, 7) is 2.42. The predicted molar refractivity (Wildman–Crippen MR) is 107 cm³/mol. The Balaban J connectivity index is 1.86. The lowest BCUT2D eigenvalue weighted by Gasteiger charge is -2.06. The van der Waals surface area contributed by atoms with Gasteiger partial charge in [0.25, 0.3) is 0 Å². The van der Waals surface area contributed by atoms with Gasteiger partial charge in [-0.15, -0.1) is 0 Å². The minimum atomic E-state index is -0.270. The van der Waals surface area contributed by atoms with Crippen LogP contribution < -0.4 is 10.6 Å². The third kappa shape index (κ3) is 3.61. The SMILES string of the molecule is CCNC(=O)Nc1nc2cc(-c3cnccn3)cc(-c3cccnc3)c2s1. The maximum Gasteiger partial charge on any atom is 0.321 e. The van der Waals surface area contributed by atoms with Crippen molar-refractivity contribution in [2.24, 2.45) is 0 Å². The first-order chi connectivity index (χ1) is 13.2. The molecule has 0 spiro atoms. The molecule has 134 valence electrons. The fourth-order valence-electron chi connectivity index (χ4n) is 2.72. The van der Waals surface area contributed by atoms with E-state index in [1.807, 2.05) is 31.3 Å². The van der Waals surface area contributed by atoms with E-state index in [1.54, 1.807) is 24.8 Å². The van der Waals surface area contributed by atoms with Crippen LogP contribution in [-0.2, 0) is 0 Å². The highest BCUT2D eigenvalue weighted by Gasteiger charge is 2.15. The standard InChI is InChI=1S/C19H16N6OS/c1-2-22-18(26)25-19-24-15-9-13(16-11-21-6-7-23-16)8-14(17(15)27-19)12-4-3-5-20-10-12/h3-11H,2H2,1H3,(H2,22,24,25,26). The number of benzene rings is 1. The number of carbonyl (C=O) groups excluding carboxylic acids is 1. The monoisotopic (exact) mass is 376 g/mol. The number of anilines is 1. The van der Waals surface area contributed by atoms with Crippen molar-refractivity contribution < 1.29 is 4.79 Å². The average molecular weight is 376 g/mol. The Morgan fingerprint density at radius 3 is 2.74 bits per heavy atom. The lowest BCUT2D eigenvalue weighted by Crippen LogP contribution is -2.28. The van der Waals surface area contributed by atoms with Crippen LogP contribution in [0.1, 0.15) is 6.92 Å². The average Bonchev–Trinajstić information content (AvgIpc) is 3.11. The van der Waals surface area contributed by atoms with Crippen LogP contribution in [0.15, 0.2) is 55.2 Å². The molecule has 7 nitrogen and oxygen atoms in total. The molecule has 0 aliphatic heterocycles. The highest BCUT2D eigenvalue weighted by molar-refractivity contribution is 7.22. The summed E-state index contributed by atoms with van der Waals surface area (Å²) < 4.78 is 0.974. The molecule has 1 aromatic carbocycles. The van der Waals surface area contributed by atoms with Gasteiger partial charge in [0.1, 0.15) is 0 Å². The fraction of sp³-hybridized carbons (Fsp3) is 0.105. The van der Waals surface area contributed by atoms with Crippen LogP contribution in [0.3, 0.4) is 0 Å². The van der Waals surface area contributed by atoms with E-state index in [9.17, 15) is 4.79 Å². The molecule has 3 aromatic heterocycles. The van der Waals surface area contributed by atoms with Crippen LogP contribution in [0.4, 0.5) is 9.93 Å². The van der Waals surface area contributed by atoms with E-state index < -0.39 is 0 Å². The van der Waals surface area contributed by atoms with Gasteiger partial charge in [0, 0.05) is 48.0 Å². The quantitative estimate of drug-likeness (QED) is 0.562. The van der Waals surface area contributed by atoms with Gasteiger partial charge in [0.05, 0.1) is 22.1 Å². The van der Waals surface area contributed by atoms with Crippen LogP contribution in [0, 0.1) is 0 Å². The molecule has 0 unspecified atom stereocenters. The second-order valence-corrected chi connectivity index (χ2v) is 6.71. The summed E-state index contributed by atoms with van der Waals surface area (Å²) in [5.41, 5.74) is 4.41. The predicted octanol–water partition coefficient (Wildman–Crippen LogP) is 3.96. The minimum Gasteiger partial charge on any atom is -0.338 e. The second kappa shape index (κ2) is 7.46. The van der Waals surface area contributed by atoms with Gasteiger partial charge in [-0.25, -0.2) is 9.78 Å². The molecule has 0 fully saturated rings. The number of hydrogen-bond donors (Lipinski definition) is 2. The number of carbonyl (C=O) groups is 1. The molecule has 27 heavy (non-hydrogen) atoms. The Morgan fingerprint density at radius 1 is 1.11 bits per heavy atom. The van der Waals surface area contributed by atoms with Crippen LogP contribution in [0.5, 0.6) is 0 Å². The molecule has 0 aliphatic carbocycles. The largest absolute Gasteiger partial charge is 0.338 e. The summed E-state index contributed by atoms with van der Waals surface area (Å²) in [5, 5.41) is 6.03. The number of nitrogens with zero attached hydrogens (tertiary/aromatic N) is 4. The maximum absolute atomic E-state index is 11.8. The molecule has 2 amide bonds. The summed E-state index contributed by atoms with van der Waals surface area (Å²) in [5.74, 6) is 0. The Bertz CT molecular complexity index is 1080. The first kappa shape index (κ1) is 17.0. The third-order valence-corrected chi connectivity index (χ3v) is 4.90. The summed E-state index contributed by atoms with van der Waals surface area (Å²) in [6, 6.07) is 7.63. The Hall–Kier alpha value is -3.39. The Morgan fingerprint density at radius 2 is 2.00 bits per heavy atom. The molecular weight excluding hydrogens is 360 g/mol. The van der Waals surface area contributed by atoms with E-state index in [1.165, 1.54) is 11.3 Å². The van der Waals surface area contributed by atoms with E-state index in [2.05, 4.69) is 36.6 Å². The van der Waals surface area contributed by atoms with Crippen LogP contribution >= 0.6 is 11.3 Å². The summed E-state index contributed by atoms with van der Waals surface area (Å²) >= 11 is 1.43. The molecule has 3 heterocycles. The number of rotatable bonds is 4. The van der Waals surface area contributed by atoms with E-state index in [0.29, 0.717) is 11.7 Å². The third-order valence-electron chi connectivity index (χ3n) is 3.88. The lowest BCUT2D eigenvalue weighted by molar-refractivity contribution is 0.252. The van der Waals surface area contributed by atoms with Gasteiger partial charge in [-0.3, -0.25) is 20.3 Å². The van der Waals surface area contributed by atoms with Crippen molar-refractivity contribution in [2.45, 2.75) is 6.92 Å². The van der Waals surface area contributed by atoms with E-state index >= 15 is 0 Å². The van der Waals surface area contributed by atoms with Crippen molar-refractivity contribution in [3.8, 4) is 22.4 Å². The molecular formula is C19H16N6OS. The number of thiazole rings is 1. The smallest absolute Gasteiger partial charge is 0.321 e. The summed E-state index contributed by atoms with van der Waals surface area (Å²) in [7, 11) is 0. The zero-order valence-electron chi connectivity index (χ0n) is 14.5. The summed E-state index contributed by atoms with van der Waals surface area (Å²) in [6.07, 6.45) is 8.57. The van der Waals surface area contributed by atoms with Gasteiger partial charge in [-0.2, -0.15) is 0 Å². The zero-order chi connectivity index (χ0) is 18.6. The second-order valence-electron chi connectivity index (χ2n) is 5.71. The van der Waals surface area contributed by atoms with E-state index in [0.717, 1.165) is 32.6 Å². The van der Waals surface area contributed by atoms with Gasteiger partial charge < -0.3 is 5.32 Å². The molecule has 0 saturated carbocycles. The van der Waals surface area contributed by atoms with Crippen molar-refractivity contribution in [3.63, 3.8) is 0 Å². The fourth-order valence-corrected chi connectivity index (χ4v) is 3.70. The first-order valence-corrected chi connectivity index (χ1v) is 9.22. The Kier molecular flexibility index (Phi) is 4.71. The van der Waals surface area contributed by atoms with Crippen molar-refractivity contribution in [1.29, 1.82) is 0 Å². The van der Waals surface area contributed by atoms with Gasteiger partial charge in [-0.1, -0.05) is 17.4 Å². The van der Waals surface area contributed by atoms with E-state index in [-0.39, 0.29) is 6.03 Å². The zero-order valence-corrected chi connectivity index (χ0v) is 15.3. The summed E-state index contributed by atoms with van der Waals surface area (Å²) in [4.78, 5) is 29.2. The molecule has 0 atom stereocenters. The van der Waals surface area contributed by atoms with Crippen molar-refractivity contribution in [2.75, 3.05) is 11.9 Å². The molecule has 4 rings (SSSR count). The van der Waals surface area contributed by atoms with Crippen LogP contribution in [0.2, 0.25) is 0 Å². The maximum atomic E-state index is 11.8. The van der Waals surface area contributed by atoms with Crippen molar-refractivity contribution >= 4 is 32.7 Å². The molecule has 0 bridgehead atoms. The van der Waals surface area contributed by atoms with Crippen molar-refractivity contribution in [3.05, 3.63) is 55.2 Å². The topological polar surface area (TPSA) is 92.7 Å². The Labute approximate surface area is 159 Å². The number of nitrogens with one attached hydrogen (secondary N) is 2. The number of fused-ring (bicyclic) bond motifs is 1. The first-order valence-electron chi connectivity index (χ1n) is 8.41. The number of hydrogen-bond acceptors (Lipinski definition) is 6. The van der Waals surface area contributed by atoms with Gasteiger partial charge in [0.15, 0.2) is 5.13 Å². The molecule has 2 N–H and O–H groups in total. The van der Waals surface area contributed by atoms with Gasteiger partial charge >= 0.3 is 6.03 Å². The van der Waals surface area contributed by atoms with Crippen LogP contribution in [0.25, 0.3) is 32.6 Å². The van der Waals surface area contributed by atoms with Crippen LogP contribution in [-0.4, -0.2) is 32.5 Å². The molecule has 4 aromatic rings. The number of amides is 2. The minimum absolute atomic E-state index is 0.270. The van der Waals surface area contributed by atoms with Gasteiger partial charge in [0.2, 0.25) is 0 Å². The van der Waals surface area contributed by atoms with E-state index in [4.69, 9.17) is 0 Å². The highest BCUT2D eigenvalue weighted by atomic mass is 32.1.